The lowest BCUT2D eigenvalue weighted by atomic mass is 10.1. The standard InChI is InChI=1S/C14H24N4O/c1-4-13-11(2)16-18(12(13)3)8-5-14(19)17-9-6-15-7-10-17/h15H,4-10H2,1-3H3. The molecule has 1 aliphatic rings. The molecule has 1 aromatic heterocycles. The van der Waals surface area contributed by atoms with Gasteiger partial charge in [-0.2, -0.15) is 5.10 Å². The quantitative estimate of drug-likeness (QED) is 0.878. The van der Waals surface area contributed by atoms with Crippen LogP contribution in [0.5, 0.6) is 0 Å². The average molecular weight is 264 g/mol. The van der Waals surface area contributed by atoms with Gasteiger partial charge in [0.25, 0.3) is 0 Å². The predicted molar refractivity (Wildman–Crippen MR) is 75.1 cm³/mol. The first-order valence-corrected chi connectivity index (χ1v) is 7.14. The van der Waals surface area contributed by atoms with E-state index in [4.69, 9.17) is 0 Å². The highest BCUT2D eigenvalue weighted by atomic mass is 16.2. The van der Waals surface area contributed by atoms with Crippen molar-refractivity contribution in [1.82, 2.24) is 20.0 Å². The van der Waals surface area contributed by atoms with Gasteiger partial charge in [-0.3, -0.25) is 9.48 Å². The van der Waals surface area contributed by atoms with E-state index < -0.39 is 0 Å². The summed E-state index contributed by atoms with van der Waals surface area (Å²) in [6, 6.07) is 0. The number of nitrogens with one attached hydrogen (secondary N) is 1. The topological polar surface area (TPSA) is 50.2 Å². The van der Waals surface area contributed by atoms with Gasteiger partial charge in [0.1, 0.15) is 0 Å². The Hall–Kier alpha value is -1.36. The molecule has 0 bridgehead atoms. The second-order valence-corrected chi connectivity index (χ2v) is 5.11. The summed E-state index contributed by atoms with van der Waals surface area (Å²) in [6.07, 6.45) is 1.55. The molecular weight excluding hydrogens is 240 g/mol. The van der Waals surface area contributed by atoms with Crippen LogP contribution in [0.1, 0.15) is 30.3 Å². The van der Waals surface area contributed by atoms with E-state index in [1.807, 2.05) is 16.5 Å². The number of aryl methyl sites for hydroxylation is 2. The third kappa shape index (κ3) is 3.15. The van der Waals surface area contributed by atoms with Crippen molar-refractivity contribution in [3.05, 3.63) is 17.0 Å². The van der Waals surface area contributed by atoms with Crippen molar-refractivity contribution in [2.24, 2.45) is 0 Å². The number of rotatable bonds is 4. The van der Waals surface area contributed by atoms with Crippen molar-refractivity contribution in [1.29, 1.82) is 0 Å². The molecule has 0 unspecified atom stereocenters. The first-order valence-electron chi connectivity index (χ1n) is 7.14. The van der Waals surface area contributed by atoms with Gasteiger partial charge in [0.15, 0.2) is 0 Å². The number of nitrogens with zero attached hydrogens (tertiary/aromatic N) is 3. The van der Waals surface area contributed by atoms with E-state index >= 15 is 0 Å². The number of carbonyl (C=O) groups is 1. The normalized spacial score (nSPS) is 15.8. The molecule has 0 atom stereocenters. The highest BCUT2D eigenvalue weighted by molar-refractivity contribution is 5.76. The Bertz CT molecular complexity index is 447. The molecule has 5 heteroatoms. The van der Waals surface area contributed by atoms with E-state index in [0.717, 1.165) is 38.3 Å². The molecule has 19 heavy (non-hydrogen) atoms. The van der Waals surface area contributed by atoms with E-state index in [1.165, 1.54) is 11.3 Å². The van der Waals surface area contributed by atoms with E-state index in [9.17, 15) is 4.79 Å². The Morgan fingerprint density at radius 1 is 1.32 bits per heavy atom. The van der Waals surface area contributed by atoms with E-state index in [2.05, 4.69) is 24.3 Å². The first kappa shape index (κ1) is 14.1. The summed E-state index contributed by atoms with van der Waals surface area (Å²) < 4.78 is 1.98. The molecule has 0 aromatic carbocycles. The minimum absolute atomic E-state index is 0.243. The smallest absolute Gasteiger partial charge is 0.224 e. The second-order valence-electron chi connectivity index (χ2n) is 5.11. The molecular formula is C14H24N4O. The van der Waals surface area contributed by atoms with Crippen molar-refractivity contribution in [3.63, 3.8) is 0 Å². The second kappa shape index (κ2) is 6.19. The molecule has 5 nitrogen and oxygen atoms in total. The van der Waals surface area contributed by atoms with Crippen LogP contribution in [0.3, 0.4) is 0 Å². The Morgan fingerprint density at radius 3 is 2.58 bits per heavy atom. The van der Waals surface area contributed by atoms with Crippen molar-refractivity contribution in [2.75, 3.05) is 26.2 Å². The third-order valence-corrected chi connectivity index (χ3v) is 3.89. The fourth-order valence-corrected chi connectivity index (χ4v) is 2.74. The van der Waals surface area contributed by atoms with Gasteiger partial charge in [0.05, 0.1) is 5.69 Å². The molecule has 2 heterocycles. The lowest BCUT2D eigenvalue weighted by Crippen LogP contribution is -2.46. The minimum Gasteiger partial charge on any atom is -0.340 e. The minimum atomic E-state index is 0.243. The molecule has 1 N–H and O–H groups in total. The van der Waals surface area contributed by atoms with Crippen LogP contribution in [0, 0.1) is 13.8 Å². The summed E-state index contributed by atoms with van der Waals surface area (Å²) in [7, 11) is 0. The molecule has 1 aromatic rings. The van der Waals surface area contributed by atoms with E-state index in [0.29, 0.717) is 13.0 Å². The zero-order valence-electron chi connectivity index (χ0n) is 12.2. The Kier molecular flexibility index (Phi) is 4.58. The number of piperazine rings is 1. The summed E-state index contributed by atoms with van der Waals surface area (Å²) >= 11 is 0. The SMILES string of the molecule is CCc1c(C)nn(CCC(=O)N2CCNCC2)c1C. The highest BCUT2D eigenvalue weighted by Crippen LogP contribution is 2.14. The molecule has 1 amide bonds. The van der Waals surface area contributed by atoms with Crippen LogP contribution in [0.2, 0.25) is 0 Å². The number of amides is 1. The van der Waals surface area contributed by atoms with Crippen LogP contribution >= 0.6 is 0 Å². The zero-order valence-corrected chi connectivity index (χ0v) is 12.2. The van der Waals surface area contributed by atoms with Crippen LogP contribution < -0.4 is 5.32 Å². The molecule has 0 aliphatic carbocycles. The van der Waals surface area contributed by atoms with Gasteiger partial charge in [0, 0.05) is 44.8 Å². The van der Waals surface area contributed by atoms with E-state index in [1.54, 1.807) is 0 Å². The number of aromatic nitrogens is 2. The van der Waals surface area contributed by atoms with E-state index in [-0.39, 0.29) is 5.91 Å². The van der Waals surface area contributed by atoms with Crippen LogP contribution in [0.25, 0.3) is 0 Å². The molecule has 0 saturated carbocycles. The lowest BCUT2D eigenvalue weighted by molar-refractivity contribution is -0.132. The zero-order chi connectivity index (χ0) is 13.8. The molecule has 0 radical (unpaired) electrons. The largest absolute Gasteiger partial charge is 0.340 e. The molecule has 0 spiro atoms. The fraction of sp³-hybridized carbons (Fsp3) is 0.714. The van der Waals surface area contributed by atoms with Crippen molar-refractivity contribution in [2.45, 2.75) is 40.2 Å². The van der Waals surface area contributed by atoms with Gasteiger partial charge in [-0.1, -0.05) is 6.92 Å². The van der Waals surface area contributed by atoms with Crippen molar-refractivity contribution in [3.8, 4) is 0 Å². The number of hydrogen-bond donors (Lipinski definition) is 1. The molecule has 1 aliphatic heterocycles. The van der Waals surface area contributed by atoms with Crippen molar-refractivity contribution < 1.29 is 4.79 Å². The van der Waals surface area contributed by atoms with Gasteiger partial charge in [-0.05, 0) is 25.8 Å². The Balaban J connectivity index is 1.93. The maximum absolute atomic E-state index is 12.1. The van der Waals surface area contributed by atoms with Gasteiger partial charge >= 0.3 is 0 Å². The van der Waals surface area contributed by atoms with Gasteiger partial charge in [-0.15, -0.1) is 0 Å². The summed E-state index contributed by atoms with van der Waals surface area (Å²) in [5, 5.41) is 7.79. The molecule has 106 valence electrons. The van der Waals surface area contributed by atoms with Gasteiger partial charge < -0.3 is 10.2 Å². The van der Waals surface area contributed by atoms with Gasteiger partial charge in [-0.25, -0.2) is 0 Å². The van der Waals surface area contributed by atoms with Crippen LogP contribution in [-0.2, 0) is 17.8 Å². The summed E-state index contributed by atoms with van der Waals surface area (Å²) in [5.41, 5.74) is 3.61. The van der Waals surface area contributed by atoms with Crippen LogP contribution in [0.15, 0.2) is 0 Å². The maximum atomic E-state index is 12.1. The van der Waals surface area contributed by atoms with Crippen LogP contribution in [0.4, 0.5) is 0 Å². The monoisotopic (exact) mass is 264 g/mol. The summed E-state index contributed by atoms with van der Waals surface area (Å²) in [4.78, 5) is 14.0. The molecule has 1 fully saturated rings. The fourth-order valence-electron chi connectivity index (χ4n) is 2.74. The average Bonchev–Trinajstić information content (AvgIpc) is 2.71. The predicted octanol–water partition coefficient (Wildman–Crippen LogP) is 0.884. The number of hydrogen-bond acceptors (Lipinski definition) is 3. The van der Waals surface area contributed by atoms with Gasteiger partial charge in [0.2, 0.25) is 5.91 Å². The Labute approximate surface area is 115 Å². The maximum Gasteiger partial charge on any atom is 0.224 e. The third-order valence-electron chi connectivity index (χ3n) is 3.89. The van der Waals surface area contributed by atoms with Crippen LogP contribution in [-0.4, -0.2) is 46.8 Å². The molecule has 1 saturated heterocycles. The summed E-state index contributed by atoms with van der Waals surface area (Å²) in [5.74, 6) is 0.243. The molecule has 2 rings (SSSR count). The lowest BCUT2D eigenvalue weighted by Gasteiger charge is -2.27. The van der Waals surface area contributed by atoms with Crippen molar-refractivity contribution >= 4 is 5.91 Å². The highest BCUT2D eigenvalue weighted by Gasteiger charge is 2.17. The first-order chi connectivity index (χ1) is 9.13. The summed E-state index contributed by atoms with van der Waals surface area (Å²) in [6.45, 7) is 10.4. The Morgan fingerprint density at radius 2 is 2.00 bits per heavy atom. The number of carbonyl (C=O) groups excluding carboxylic acids is 1.